The lowest BCUT2D eigenvalue weighted by Gasteiger charge is -2.31. The third kappa shape index (κ3) is 3.64. The summed E-state index contributed by atoms with van der Waals surface area (Å²) in [5.74, 6) is -0.856. The Morgan fingerprint density at radius 2 is 1.96 bits per heavy atom. The van der Waals surface area contributed by atoms with Crippen molar-refractivity contribution in [3.8, 4) is 0 Å². The van der Waals surface area contributed by atoms with Crippen molar-refractivity contribution in [3.05, 3.63) is 53.6 Å². The summed E-state index contributed by atoms with van der Waals surface area (Å²) in [7, 11) is 0. The topological polar surface area (TPSA) is 45.2 Å². The lowest BCUT2D eigenvalue weighted by atomic mass is 9.96. The Morgan fingerprint density at radius 1 is 1.19 bits per heavy atom. The van der Waals surface area contributed by atoms with Crippen LogP contribution >= 0.6 is 11.3 Å². The fourth-order valence-corrected chi connectivity index (χ4v) is 4.32. The number of nitrogens with zero attached hydrogens (tertiary/aromatic N) is 2. The molecular formula is C20H19F2N3OS. The van der Waals surface area contributed by atoms with E-state index in [4.69, 9.17) is 0 Å². The number of amides is 1. The summed E-state index contributed by atoms with van der Waals surface area (Å²) >= 11 is 1.47. The van der Waals surface area contributed by atoms with Crippen molar-refractivity contribution in [1.82, 2.24) is 4.98 Å². The molecule has 1 saturated heterocycles. The third-order valence-corrected chi connectivity index (χ3v) is 6.02. The molecule has 1 N–H and O–H groups in total. The van der Waals surface area contributed by atoms with Gasteiger partial charge in [0.1, 0.15) is 17.2 Å². The van der Waals surface area contributed by atoms with Crippen LogP contribution in [0.2, 0.25) is 0 Å². The number of hydrogen-bond acceptors (Lipinski definition) is 4. The minimum atomic E-state index is -0.328. The van der Waals surface area contributed by atoms with Crippen LogP contribution in [-0.4, -0.2) is 24.0 Å². The molecular weight excluding hydrogens is 368 g/mol. The van der Waals surface area contributed by atoms with Gasteiger partial charge >= 0.3 is 0 Å². The zero-order chi connectivity index (χ0) is 19.0. The number of rotatable bonds is 3. The summed E-state index contributed by atoms with van der Waals surface area (Å²) in [4.78, 5) is 19.0. The maximum absolute atomic E-state index is 13.8. The number of anilines is 2. The van der Waals surface area contributed by atoms with Gasteiger partial charge < -0.3 is 10.2 Å². The Bertz CT molecular complexity index is 996. The molecule has 2 aromatic carbocycles. The molecule has 1 aliphatic heterocycles. The van der Waals surface area contributed by atoms with Gasteiger partial charge in [-0.1, -0.05) is 23.5 Å². The summed E-state index contributed by atoms with van der Waals surface area (Å²) in [6, 6.07) is 9.67. The van der Waals surface area contributed by atoms with Gasteiger partial charge in [-0.2, -0.15) is 0 Å². The Labute approximate surface area is 159 Å². The van der Waals surface area contributed by atoms with Gasteiger partial charge in [0.15, 0.2) is 5.13 Å². The summed E-state index contributed by atoms with van der Waals surface area (Å²) in [5, 5.41) is 3.59. The van der Waals surface area contributed by atoms with Crippen LogP contribution in [-0.2, 0) is 4.79 Å². The van der Waals surface area contributed by atoms with Crippen molar-refractivity contribution in [2.75, 3.05) is 23.3 Å². The highest BCUT2D eigenvalue weighted by molar-refractivity contribution is 7.22. The van der Waals surface area contributed by atoms with E-state index in [0.717, 1.165) is 9.83 Å². The SMILES string of the molecule is Cc1ccc(NC(=O)C2CCN(c3nc4c(F)cccc4s3)CC2)cc1F. The molecule has 1 amide bonds. The quantitative estimate of drug-likeness (QED) is 0.706. The minimum Gasteiger partial charge on any atom is -0.348 e. The number of aryl methyl sites for hydroxylation is 1. The monoisotopic (exact) mass is 387 g/mol. The van der Waals surface area contributed by atoms with Crippen LogP contribution in [0.4, 0.5) is 19.6 Å². The largest absolute Gasteiger partial charge is 0.348 e. The lowest BCUT2D eigenvalue weighted by Crippen LogP contribution is -2.38. The molecule has 1 aromatic heterocycles. The normalized spacial score (nSPS) is 15.3. The number of aromatic nitrogens is 1. The van der Waals surface area contributed by atoms with Crippen molar-refractivity contribution in [1.29, 1.82) is 0 Å². The van der Waals surface area contributed by atoms with Crippen LogP contribution in [0.25, 0.3) is 10.2 Å². The average Bonchev–Trinajstić information content (AvgIpc) is 3.11. The number of thiazole rings is 1. The molecule has 0 aliphatic carbocycles. The smallest absolute Gasteiger partial charge is 0.227 e. The molecule has 0 radical (unpaired) electrons. The number of piperidine rings is 1. The van der Waals surface area contributed by atoms with E-state index < -0.39 is 0 Å². The van der Waals surface area contributed by atoms with Crippen molar-refractivity contribution in [2.24, 2.45) is 5.92 Å². The standard InChI is InChI=1S/C20H19F2N3OS/c1-12-5-6-14(11-16(12)22)23-19(26)13-7-9-25(10-8-13)20-24-18-15(21)3-2-4-17(18)27-20/h2-6,11,13H,7-10H2,1H3,(H,23,26). The second-order valence-corrected chi connectivity index (χ2v) is 7.81. The number of carbonyl (C=O) groups is 1. The first-order valence-corrected chi connectivity index (χ1v) is 9.70. The molecule has 2 heterocycles. The van der Waals surface area contributed by atoms with Crippen LogP contribution in [0.15, 0.2) is 36.4 Å². The zero-order valence-corrected chi connectivity index (χ0v) is 15.7. The van der Waals surface area contributed by atoms with Gasteiger partial charge in [0, 0.05) is 24.7 Å². The van der Waals surface area contributed by atoms with E-state index in [1.54, 1.807) is 25.1 Å². The summed E-state index contributed by atoms with van der Waals surface area (Å²) in [6.45, 7) is 3.05. The van der Waals surface area contributed by atoms with Crippen molar-refractivity contribution in [3.63, 3.8) is 0 Å². The van der Waals surface area contributed by atoms with Crippen molar-refractivity contribution >= 4 is 38.3 Å². The lowest BCUT2D eigenvalue weighted by molar-refractivity contribution is -0.120. The molecule has 1 aliphatic rings. The van der Waals surface area contributed by atoms with Gasteiger partial charge in [0.2, 0.25) is 5.91 Å². The van der Waals surface area contributed by atoms with Gasteiger partial charge in [0.05, 0.1) is 4.70 Å². The molecule has 27 heavy (non-hydrogen) atoms. The summed E-state index contributed by atoms with van der Waals surface area (Å²) in [6.07, 6.45) is 1.36. The number of fused-ring (bicyclic) bond motifs is 1. The van der Waals surface area contributed by atoms with Gasteiger partial charge in [-0.05, 0) is 49.6 Å². The highest BCUT2D eigenvalue weighted by Gasteiger charge is 2.27. The summed E-state index contributed by atoms with van der Waals surface area (Å²) in [5.41, 5.74) is 1.43. The van der Waals surface area contributed by atoms with Crippen LogP contribution < -0.4 is 10.2 Å². The van der Waals surface area contributed by atoms with Gasteiger partial charge in [-0.3, -0.25) is 4.79 Å². The minimum absolute atomic E-state index is 0.0896. The van der Waals surface area contributed by atoms with Gasteiger partial charge in [-0.25, -0.2) is 13.8 Å². The molecule has 3 aromatic rings. The predicted octanol–water partition coefficient (Wildman–Crippen LogP) is 4.74. The maximum Gasteiger partial charge on any atom is 0.227 e. The fraction of sp³-hybridized carbons (Fsp3) is 0.300. The van der Waals surface area contributed by atoms with E-state index in [-0.39, 0.29) is 23.5 Å². The first-order chi connectivity index (χ1) is 13.0. The second-order valence-electron chi connectivity index (χ2n) is 6.80. The molecule has 0 saturated carbocycles. The Morgan fingerprint density at radius 3 is 2.67 bits per heavy atom. The van der Waals surface area contributed by atoms with Crippen molar-refractivity contribution in [2.45, 2.75) is 19.8 Å². The van der Waals surface area contributed by atoms with E-state index >= 15 is 0 Å². The number of carbonyl (C=O) groups excluding carboxylic acids is 1. The highest BCUT2D eigenvalue weighted by atomic mass is 32.1. The first kappa shape index (κ1) is 17.9. The van der Waals surface area contributed by atoms with E-state index in [1.807, 2.05) is 6.07 Å². The van der Waals surface area contributed by atoms with E-state index in [1.165, 1.54) is 23.5 Å². The van der Waals surface area contributed by atoms with Gasteiger partial charge in [0.25, 0.3) is 0 Å². The number of hydrogen-bond donors (Lipinski definition) is 1. The molecule has 4 nitrogen and oxygen atoms in total. The molecule has 0 atom stereocenters. The first-order valence-electron chi connectivity index (χ1n) is 8.88. The molecule has 4 rings (SSSR count). The molecule has 0 spiro atoms. The van der Waals surface area contributed by atoms with Crippen LogP contribution in [0.1, 0.15) is 18.4 Å². The molecule has 1 fully saturated rings. The molecule has 0 bridgehead atoms. The summed E-state index contributed by atoms with van der Waals surface area (Å²) < 4.78 is 28.3. The highest BCUT2D eigenvalue weighted by Crippen LogP contribution is 2.32. The Balaban J connectivity index is 1.39. The Kier molecular flexibility index (Phi) is 4.78. The van der Waals surface area contributed by atoms with E-state index in [0.29, 0.717) is 42.7 Å². The van der Waals surface area contributed by atoms with Crippen LogP contribution in [0.3, 0.4) is 0 Å². The Hall–Kier alpha value is -2.54. The average molecular weight is 387 g/mol. The number of para-hydroxylation sites is 1. The van der Waals surface area contributed by atoms with E-state index in [9.17, 15) is 13.6 Å². The van der Waals surface area contributed by atoms with Crippen molar-refractivity contribution < 1.29 is 13.6 Å². The fourth-order valence-electron chi connectivity index (χ4n) is 3.29. The maximum atomic E-state index is 13.8. The number of benzene rings is 2. The molecule has 140 valence electrons. The van der Waals surface area contributed by atoms with Crippen LogP contribution in [0.5, 0.6) is 0 Å². The predicted molar refractivity (Wildman–Crippen MR) is 104 cm³/mol. The number of halogens is 2. The zero-order valence-electron chi connectivity index (χ0n) is 14.8. The van der Waals surface area contributed by atoms with Gasteiger partial charge in [-0.15, -0.1) is 0 Å². The van der Waals surface area contributed by atoms with Crippen LogP contribution in [0, 0.1) is 24.5 Å². The molecule has 0 unspecified atom stereocenters. The molecule has 7 heteroatoms. The third-order valence-electron chi connectivity index (χ3n) is 4.93. The second kappa shape index (κ2) is 7.23. The van der Waals surface area contributed by atoms with E-state index in [2.05, 4.69) is 15.2 Å². The number of nitrogens with one attached hydrogen (secondary N) is 1.